The van der Waals surface area contributed by atoms with Crippen LogP contribution < -0.4 is 5.73 Å². The second-order valence-electron chi connectivity index (χ2n) is 3.73. The van der Waals surface area contributed by atoms with Gasteiger partial charge < -0.3 is 10.8 Å². The number of hydrogen-bond donors (Lipinski definition) is 2. The molecule has 0 aliphatic rings. The van der Waals surface area contributed by atoms with Crippen molar-refractivity contribution in [1.29, 1.82) is 0 Å². The molecule has 90 valence electrons. The molecule has 5 heteroatoms. The summed E-state index contributed by atoms with van der Waals surface area (Å²) in [4.78, 5) is 5.60. The summed E-state index contributed by atoms with van der Waals surface area (Å²) in [7, 11) is 0. The molecule has 0 fully saturated rings. The van der Waals surface area contributed by atoms with Crippen LogP contribution in [-0.2, 0) is 6.42 Å². The summed E-state index contributed by atoms with van der Waals surface area (Å²) in [6, 6.07) is 4.96. The number of phenols is 1. The second kappa shape index (κ2) is 5.04. The van der Waals surface area contributed by atoms with Crippen LogP contribution in [0.3, 0.4) is 0 Å². The van der Waals surface area contributed by atoms with Gasteiger partial charge >= 0.3 is 0 Å². The van der Waals surface area contributed by atoms with E-state index in [1.165, 1.54) is 0 Å². The molecule has 0 spiro atoms. The highest BCUT2D eigenvalue weighted by atomic mass is 35.5. The van der Waals surface area contributed by atoms with E-state index in [0.717, 1.165) is 22.0 Å². The van der Waals surface area contributed by atoms with Gasteiger partial charge in [-0.3, -0.25) is 0 Å². The summed E-state index contributed by atoms with van der Waals surface area (Å²) in [5.41, 5.74) is 7.18. The van der Waals surface area contributed by atoms with Crippen molar-refractivity contribution in [3.63, 3.8) is 0 Å². The molecule has 3 N–H and O–H groups in total. The number of nitrogens with zero attached hydrogens (tertiary/aromatic N) is 1. The van der Waals surface area contributed by atoms with Crippen molar-refractivity contribution in [2.45, 2.75) is 13.3 Å². The minimum atomic E-state index is 0.197. The van der Waals surface area contributed by atoms with Gasteiger partial charge in [-0.2, -0.15) is 0 Å². The van der Waals surface area contributed by atoms with Gasteiger partial charge in [0.05, 0.1) is 11.3 Å². The summed E-state index contributed by atoms with van der Waals surface area (Å²) in [6.07, 6.45) is 0.810. The smallest absolute Gasteiger partial charge is 0.127 e. The lowest BCUT2D eigenvalue weighted by Crippen LogP contribution is -2.01. The minimum absolute atomic E-state index is 0.197. The zero-order chi connectivity index (χ0) is 12.4. The third-order valence-corrected chi connectivity index (χ3v) is 3.94. The number of hydrogen-bond acceptors (Lipinski definition) is 4. The van der Waals surface area contributed by atoms with Gasteiger partial charge in [-0.25, -0.2) is 4.98 Å². The molecule has 2 rings (SSSR count). The van der Waals surface area contributed by atoms with Crippen molar-refractivity contribution in [3.05, 3.63) is 33.8 Å². The van der Waals surface area contributed by atoms with Gasteiger partial charge in [-0.15, -0.1) is 11.3 Å². The Morgan fingerprint density at radius 3 is 2.94 bits per heavy atom. The van der Waals surface area contributed by atoms with Crippen molar-refractivity contribution >= 4 is 22.9 Å². The lowest BCUT2D eigenvalue weighted by molar-refractivity contribution is 0.477. The molecule has 0 aliphatic carbocycles. The average molecular weight is 269 g/mol. The molecule has 17 heavy (non-hydrogen) atoms. The monoisotopic (exact) mass is 268 g/mol. The zero-order valence-electron chi connectivity index (χ0n) is 9.40. The van der Waals surface area contributed by atoms with Crippen LogP contribution in [-0.4, -0.2) is 16.6 Å². The summed E-state index contributed by atoms with van der Waals surface area (Å²) in [5.74, 6) is 0.197. The van der Waals surface area contributed by atoms with E-state index in [1.54, 1.807) is 29.5 Å². The Kier molecular flexibility index (Phi) is 3.66. The molecule has 1 aromatic heterocycles. The Morgan fingerprint density at radius 2 is 2.24 bits per heavy atom. The van der Waals surface area contributed by atoms with Crippen molar-refractivity contribution in [1.82, 2.24) is 4.98 Å². The summed E-state index contributed by atoms with van der Waals surface area (Å²) in [5, 5.41) is 11.2. The fourth-order valence-corrected chi connectivity index (χ4v) is 2.86. The summed E-state index contributed by atoms with van der Waals surface area (Å²) in [6.45, 7) is 2.55. The fraction of sp³-hybridized carbons (Fsp3) is 0.250. The number of aromatic hydroxyl groups is 1. The van der Waals surface area contributed by atoms with Gasteiger partial charge in [-0.1, -0.05) is 11.6 Å². The van der Waals surface area contributed by atoms with Gasteiger partial charge in [0.15, 0.2) is 0 Å². The molecule has 0 saturated carbocycles. The van der Waals surface area contributed by atoms with Crippen molar-refractivity contribution in [2.75, 3.05) is 6.54 Å². The number of benzene rings is 1. The Bertz CT molecular complexity index is 539. The van der Waals surface area contributed by atoms with E-state index in [-0.39, 0.29) is 5.75 Å². The predicted octanol–water partition coefficient (Wildman–Crippen LogP) is 2.98. The first kappa shape index (κ1) is 12.4. The number of halogens is 1. The van der Waals surface area contributed by atoms with E-state index < -0.39 is 0 Å². The van der Waals surface area contributed by atoms with E-state index in [1.807, 2.05) is 6.92 Å². The van der Waals surface area contributed by atoms with Gasteiger partial charge in [0.2, 0.25) is 0 Å². The summed E-state index contributed by atoms with van der Waals surface area (Å²) >= 11 is 7.47. The predicted molar refractivity (Wildman–Crippen MR) is 71.7 cm³/mol. The first-order valence-electron chi connectivity index (χ1n) is 5.27. The number of thiazole rings is 1. The Balaban J connectivity index is 2.45. The standard InChI is InChI=1S/C12H13ClN2OS/c1-7-11(4-5-14)17-12(15-7)9-6-8(13)2-3-10(9)16/h2-3,6,16H,4-5,14H2,1H3. The number of phenolic OH excluding ortho intramolecular Hbond substituents is 1. The second-order valence-corrected chi connectivity index (χ2v) is 5.25. The maximum absolute atomic E-state index is 9.80. The Hall–Kier alpha value is -1.10. The molecule has 1 aromatic carbocycles. The molecule has 0 amide bonds. The quantitative estimate of drug-likeness (QED) is 0.900. The molecule has 0 unspecified atom stereocenters. The van der Waals surface area contributed by atoms with Crippen LogP contribution in [0.4, 0.5) is 0 Å². The maximum atomic E-state index is 9.80. The molecule has 0 bridgehead atoms. The van der Waals surface area contributed by atoms with Crippen LogP contribution >= 0.6 is 22.9 Å². The minimum Gasteiger partial charge on any atom is -0.507 e. The highest BCUT2D eigenvalue weighted by Gasteiger charge is 2.12. The zero-order valence-corrected chi connectivity index (χ0v) is 11.0. The van der Waals surface area contributed by atoms with Gasteiger partial charge in [0, 0.05) is 9.90 Å². The van der Waals surface area contributed by atoms with Crippen LogP contribution in [0.25, 0.3) is 10.6 Å². The molecular formula is C12H13ClN2OS. The Labute approximate surface area is 109 Å². The third-order valence-electron chi connectivity index (χ3n) is 2.45. The average Bonchev–Trinajstić information content (AvgIpc) is 2.64. The van der Waals surface area contributed by atoms with E-state index in [0.29, 0.717) is 17.1 Å². The molecule has 0 radical (unpaired) electrons. The van der Waals surface area contributed by atoms with Crippen molar-refractivity contribution in [2.24, 2.45) is 5.73 Å². The molecule has 3 nitrogen and oxygen atoms in total. The highest BCUT2D eigenvalue weighted by molar-refractivity contribution is 7.15. The van der Waals surface area contributed by atoms with Gasteiger partial charge in [0.1, 0.15) is 10.8 Å². The molecule has 0 atom stereocenters. The van der Waals surface area contributed by atoms with E-state index >= 15 is 0 Å². The lowest BCUT2D eigenvalue weighted by atomic mass is 10.2. The Morgan fingerprint density at radius 1 is 1.47 bits per heavy atom. The molecule has 1 heterocycles. The lowest BCUT2D eigenvalue weighted by Gasteiger charge is -2.00. The van der Waals surface area contributed by atoms with Crippen LogP contribution in [0.1, 0.15) is 10.6 Å². The number of aryl methyl sites for hydroxylation is 1. The van der Waals surface area contributed by atoms with E-state index in [2.05, 4.69) is 4.98 Å². The molecule has 2 aromatic rings. The first-order chi connectivity index (χ1) is 8.11. The van der Waals surface area contributed by atoms with Crippen LogP contribution in [0.15, 0.2) is 18.2 Å². The van der Waals surface area contributed by atoms with Crippen molar-refractivity contribution < 1.29 is 5.11 Å². The fourth-order valence-electron chi connectivity index (χ4n) is 1.59. The number of aromatic nitrogens is 1. The van der Waals surface area contributed by atoms with E-state index in [9.17, 15) is 5.11 Å². The topological polar surface area (TPSA) is 59.1 Å². The van der Waals surface area contributed by atoms with Crippen LogP contribution in [0, 0.1) is 6.92 Å². The number of rotatable bonds is 3. The van der Waals surface area contributed by atoms with E-state index in [4.69, 9.17) is 17.3 Å². The molecular weight excluding hydrogens is 256 g/mol. The normalized spacial score (nSPS) is 10.8. The summed E-state index contributed by atoms with van der Waals surface area (Å²) < 4.78 is 0. The largest absolute Gasteiger partial charge is 0.507 e. The maximum Gasteiger partial charge on any atom is 0.127 e. The SMILES string of the molecule is Cc1nc(-c2cc(Cl)ccc2O)sc1CCN. The van der Waals surface area contributed by atoms with Crippen LogP contribution in [0.2, 0.25) is 5.02 Å². The third kappa shape index (κ3) is 2.60. The molecule has 0 aliphatic heterocycles. The van der Waals surface area contributed by atoms with Crippen LogP contribution in [0.5, 0.6) is 5.75 Å². The number of nitrogens with two attached hydrogens (primary N) is 1. The van der Waals surface area contributed by atoms with Crippen molar-refractivity contribution in [3.8, 4) is 16.3 Å². The molecule has 0 saturated heterocycles. The van der Waals surface area contributed by atoms with Gasteiger partial charge in [0.25, 0.3) is 0 Å². The highest BCUT2D eigenvalue weighted by Crippen LogP contribution is 2.35. The van der Waals surface area contributed by atoms with Gasteiger partial charge in [-0.05, 0) is 38.1 Å². The first-order valence-corrected chi connectivity index (χ1v) is 6.46.